The van der Waals surface area contributed by atoms with Gasteiger partial charge in [0.15, 0.2) is 11.9 Å². The number of rotatable bonds is 6. The summed E-state index contributed by atoms with van der Waals surface area (Å²) in [5.41, 5.74) is 3.54. The molecule has 3 aromatic carbocycles. The summed E-state index contributed by atoms with van der Waals surface area (Å²) in [4.78, 5) is 6.87. The van der Waals surface area contributed by atoms with Gasteiger partial charge in [-0.2, -0.15) is 10.2 Å². The molecule has 0 amide bonds. The van der Waals surface area contributed by atoms with Gasteiger partial charge in [0.1, 0.15) is 23.5 Å². The highest BCUT2D eigenvalue weighted by Gasteiger charge is 2.40. The summed E-state index contributed by atoms with van der Waals surface area (Å²) < 4.78 is 41.6. The fourth-order valence-corrected chi connectivity index (χ4v) is 4.72. The molecule has 0 radical (unpaired) electrons. The van der Waals surface area contributed by atoms with Crippen LogP contribution in [0.2, 0.25) is 0 Å². The number of nitriles is 1. The van der Waals surface area contributed by atoms with Crippen LogP contribution in [0.4, 0.5) is 8.78 Å². The molecule has 190 valence electrons. The Balaban J connectivity index is 1.44. The van der Waals surface area contributed by atoms with Gasteiger partial charge in [-0.3, -0.25) is 0 Å². The number of halogens is 2. The lowest BCUT2D eigenvalue weighted by molar-refractivity contribution is -0.0419. The summed E-state index contributed by atoms with van der Waals surface area (Å²) in [6.07, 6.45) is -2.90. The molecular formula is C28H25F2N3O4. The minimum Gasteiger partial charge on any atom is -0.456 e. The van der Waals surface area contributed by atoms with Gasteiger partial charge < -0.3 is 24.7 Å². The van der Waals surface area contributed by atoms with Gasteiger partial charge >= 0.3 is 0 Å². The zero-order valence-corrected chi connectivity index (χ0v) is 20.2. The van der Waals surface area contributed by atoms with E-state index in [-0.39, 0.29) is 29.2 Å². The Morgan fingerprint density at radius 1 is 1.19 bits per heavy atom. The zero-order chi connectivity index (χ0) is 26.3. The molecule has 0 aliphatic carbocycles. The van der Waals surface area contributed by atoms with Crippen molar-refractivity contribution in [3.63, 3.8) is 0 Å². The van der Waals surface area contributed by atoms with E-state index in [9.17, 15) is 10.2 Å². The minimum atomic E-state index is -1.10. The molecule has 4 unspecified atom stereocenters. The van der Waals surface area contributed by atoms with Crippen LogP contribution in [-0.4, -0.2) is 51.2 Å². The lowest BCUT2D eigenvalue weighted by Gasteiger charge is -2.19. The van der Waals surface area contributed by atoms with E-state index in [0.717, 1.165) is 29.2 Å². The van der Waals surface area contributed by atoms with Gasteiger partial charge in [-0.1, -0.05) is 37.3 Å². The third-order valence-electron chi connectivity index (χ3n) is 6.66. The lowest BCUT2D eigenvalue weighted by atomic mass is 9.94. The largest absolute Gasteiger partial charge is 0.456 e. The molecule has 3 N–H and O–H groups in total. The second kappa shape index (κ2) is 9.90. The predicted octanol–water partition coefficient (Wildman–Crippen LogP) is 4.50. The van der Waals surface area contributed by atoms with E-state index in [2.05, 4.69) is 16.0 Å². The number of H-pyrrole nitrogens is 1. The Bertz CT molecular complexity index is 1490. The highest BCUT2D eigenvalue weighted by atomic mass is 19.1. The van der Waals surface area contributed by atoms with Gasteiger partial charge in [0.05, 0.1) is 35.4 Å². The van der Waals surface area contributed by atoms with Crippen LogP contribution in [0.15, 0.2) is 48.5 Å². The van der Waals surface area contributed by atoms with E-state index in [1.807, 2.05) is 19.1 Å². The predicted molar refractivity (Wildman–Crippen MR) is 133 cm³/mol. The summed E-state index contributed by atoms with van der Waals surface area (Å²) in [5.74, 6) is -1.61. The number of ether oxygens (including phenoxy) is 2. The third-order valence-corrected chi connectivity index (χ3v) is 6.66. The monoisotopic (exact) mass is 505 g/mol. The maximum atomic E-state index is 15.5. The first-order valence-electron chi connectivity index (χ1n) is 12.0. The summed E-state index contributed by atoms with van der Waals surface area (Å²) in [6, 6.07) is 15.5. The summed E-state index contributed by atoms with van der Waals surface area (Å²) in [5, 5.41) is 29.2. The third kappa shape index (κ3) is 4.55. The van der Waals surface area contributed by atoms with Gasteiger partial charge in [0, 0.05) is 6.07 Å². The maximum absolute atomic E-state index is 15.5. The average Bonchev–Trinajstić information content (AvgIpc) is 3.47. The average molecular weight is 506 g/mol. The van der Waals surface area contributed by atoms with Crippen molar-refractivity contribution >= 4 is 11.0 Å². The lowest BCUT2D eigenvalue weighted by Crippen LogP contribution is -2.39. The number of imidazole rings is 1. The SMILES string of the molecule is CCc1cc(C#N)ccc1-c1ccc(-c2c(F)cc3[nH]c(OC4COC(C(C)O)C4O)nc3c2F)cc1. The first kappa shape index (κ1) is 24.8. The van der Waals surface area contributed by atoms with Crippen molar-refractivity contribution < 1.29 is 28.5 Å². The molecule has 1 aromatic heterocycles. The van der Waals surface area contributed by atoms with Crippen molar-refractivity contribution in [2.24, 2.45) is 0 Å². The molecule has 0 spiro atoms. The highest BCUT2D eigenvalue weighted by Crippen LogP contribution is 2.34. The molecule has 2 heterocycles. The first-order valence-corrected chi connectivity index (χ1v) is 12.0. The minimum absolute atomic E-state index is 0.0151. The summed E-state index contributed by atoms with van der Waals surface area (Å²) >= 11 is 0. The topological polar surface area (TPSA) is 111 Å². The van der Waals surface area contributed by atoms with E-state index in [0.29, 0.717) is 11.1 Å². The van der Waals surface area contributed by atoms with Gasteiger partial charge in [-0.15, -0.1) is 0 Å². The van der Waals surface area contributed by atoms with Gasteiger partial charge in [-0.05, 0) is 47.7 Å². The molecular weight excluding hydrogens is 480 g/mol. The second-order valence-electron chi connectivity index (χ2n) is 9.09. The van der Waals surface area contributed by atoms with Gasteiger partial charge in [0.2, 0.25) is 0 Å². The molecule has 4 aromatic rings. The van der Waals surface area contributed by atoms with Crippen molar-refractivity contribution in [2.75, 3.05) is 6.61 Å². The van der Waals surface area contributed by atoms with E-state index in [4.69, 9.17) is 14.7 Å². The standard InChI is InChI=1S/C28H25F2N3O4/c1-3-16-10-15(12-31)4-9-19(16)17-5-7-18(8-6-17)23-20(29)11-21-25(24(23)30)33-28(32-21)37-22-13-36-27(14(2)34)26(22)35/h4-11,14,22,26-27,34-35H,3,13H2,1-2H3,(H,32,33). The van der Waals surface area contributed by atoms with Crippen molar-refractivity contribution in [2.45, 2.75) is 44.7 Å². The number of aliphatic hydroxyl groups excluding tert-OH is 2. The van der Waals surface area contributed by atoms with E-state index >= 15 is 8.78 Å². The van der Waals surface area contributed by atoms with Crippen LogP contribution >= 0.6 is 0 Å². The van der Waals surface area contributed by atoms with Gasteiger partial charge in [0.25, 0.3) is 6.01 Å². The molecule has 7 nitrogen and oxygen atoms in total. The molecule has 1 aliphatic heterocycles. The molecule has 4 atom stereocenters. The van der Waals surface area contributed by atoms with E-state index < -0.39 is 36.1 Å². The first-order chi connectivity index (χ1) is 17.8. The molecule has 37 heavy (non-hydrogen) atoms. The van der Waals surface area contributed by atoms with Crippen molar-refractivity contribution in [1.82, 2.24) is 9.97 Å². The normalized spacial score (nSPS) is 20.2. The number of benzene rings is 3. The van der Waals surface area contributed by atoms with Crippen molar-refractivity contribution in [3.05, 3.63) is 71.3 Å². The summed E-state index contributed by atoms with van der Waals surface area (Å²) in [7, 11) is 0. The fourth-order valence-electron chi connectivity index (χ4n) is 4.72. The Hall–Kier alpha value is -3.84. The summed E-state index contributed by atoms with van der Waals surface area (Å²) in [6.45, 7) is 3.51. The van der Waals surface area contributed by atoms with E-state index in [1.54, 1.807) is 30.3 Å². The second-order valence-corrected chi connectivity index (χ2v) is 9.09. The van der Waals surface area contributed by atoms with Crippen molar-refractivity contribution in [1.29, 1.82) is 5.26 Å². The van der Waals surface area contributed by atoms with Crippen LogP contribution in [0, 0.1) is 23.0 Å². The molecule has 1 fully saturated rings. The van der Waals surface area contributed by atoms with Crippen LogP contribution in [0.1, 0.15) is 25.0 Å². The number of nitrogens with zero attached hydrogens (tertiary/aromatic N) is 2. The van der Waals surface area contributed by atoms with Crippen LogP contribution < -0.4 is 4.74 Å². The number of fused-ring (bicyclic) bond motifs is 1. The maximum Gasteiger partial charge on any atom is 0.295 e. The molecule has 0 bridgehead atoms. The number of hydrogen-bond donors (Lipinski definition) is 3. The van der Waals surface area contributed by atoms with Crippen LogP contribution in [0.3, 0.4) is 0 Å². The Morgan fingerprint density at radius 3 is 2.57 bits per heavy atom. The van der Waals surface area contributed by atoms with E-state index in [1.165, 1.54) is 6.92 Å². The van der Waals surface area contributed by atoms with Crippen molar-refractivity contribution in [3.8, 4) is 34.3 Å². The number of aromatic amines is 1. The van der Waals surface area contributed by atoms with Crippen LogP contribution in [0.5, 0.6) is 6.01 Å². The number of aromatic nitrogens is 2. The van der Waals surface area contributed by atoms with Gasteiger partial charge in [-0.25, -0.2) is 8.78 Å². The highest BCUT2D eigenvalue weighted by molar-refractivity contribution is 5.84. The number of aryl methyl sites for hydroxylation is 1. The Morgan fingerprint density at radius 2 is 1.92 bits per heavy atom. The molecule has 0 saturated carbocycles. The number of hydrogen-bond acceptors (Lipinski definition) is 6. The number of nitrogens with one attached hydrogen (secondary N) is 1. The molecule has 1 saturated heterocycles. The molecule has 5 rings (SSSR count). The van der Waals surface area contributed by atoms with Crippen LogP contribution in [-0.2, 0) is 11.2 Å². The Kier molecular flexibility index (Phi) is 6.65. The molecule has 1 aliphatic rings. The number of aliphatic hydroxyl groups is 2. The quantitative estimate of drug-likeness (QED) is 0.356. The fraction of sp³-hybridized carbons (Fsp3) is 0.286. The Labute approximate surface area is 211 Å². The smallest absolute Gasteiger partial charge is 0.295 e. The van der Waals surface area contributed by atoms with Crippen LogP contribution in [0.25, 0.3) is 33.3 Å². The molecule has 9 heteroatoms. The zero-order valence-electron chi connectivity index (χ0n) is 20.2.